The Morgan fingerprint density at radius 3 is 2.77 bits per heavy atom. The van der Waals surface area contributed by atoms with Crippen LogP contribution in [0.3, 0.4) is 0 Å². The molecule has 11 heteroatoms. The number of hydrogen-bond acceptors (Lipinski definition) is 9. The first-order valence-electron chi connectivity index (χ1n) is 10.9. The van der Waals surface area contributed by atoms with E-state index in [1.807, 2.05) is 19.9 Å². The van der Waals surface area contributed by atoms with Crippen molar-refractivity contribution in [2.45, 2.75) is 39.3 Å². The van der Waals surface area contributed by atoms with E-state index >= 15 is 0 Å². The normalized spacial score (nSPS) is 11.9. The highest BCUT2D eigenvalue weighted by Gasteiger charge is 2.22. The lowest BCUT2D eigenvalue weighted by Crippen LogP contribution is -2.26. The molecule has 0 aliphatic heterocycles. The number of anilines is 2. The second-order valence-corrected chi connectivity index (χ2v) is 8.24. The molecule has 4 N–H and O–H groups in total. The summed E-state index contributed by atoms with van der Waals surface area (Å²) in [6.07, 6.45) is 1.23. The van der Waals surface area contributed by atoms with Crippen LogP contribution in [-0.2, 0) is 6.54 Å². The molecule has 3 aromatic heterocycles. The first-order chi connectivity index (χ1) is 16.8. The SMILES string of the molecule is CC(C)c1cc(CNC(=O)c2cc3c(F)cccc3nc2[C@H](C)Nc2ncnc(N)c2C#N)on1. The summed E-state index contributed by atoms with van der Waals surface area (Å²) in [5.74, 6) is -0.0763. The molecule has 0 spiro atoms. The van der Waals surface area contributed by atoms with Crippen molar-refractivity contribution in [1.29, 1.82) is 5.26 Å². The minimum atomic E-state index is -0.595. The summed E-state index contributed by atoms with van der Waals surface area (Å²) in [6, 6.07) is 9.10. The van der Waals surface area contributed by atoms with Crippen molar-refractivity contribution < 1.29 is 13.7 Å². The average Bonchev–Trinajstić information content (AvgIpc) is 3.32. The van der Waals surface area contributed by atoms with Gasteiger partial charge in [-0.2, -0.15) is 5.26 Å². The smallest absolute Gasteiger partial charge is 0.253 e. The fraction of sp³-hybridized carbons (Fsp3) is 0.250. The molecule has 0 unspecified atom stereocenters. The molecule has 1 aromatic carbocycles. The van der Waals surface area contributed by atoms with Gasteiger partial charge >= 0.3 is 0 Å². The predicted molar refractivity (Wildman–Crippen MR) is 127 cm³/mol. The number of carbonyl (C=O) groups is 1. The third kappa shape index (κ3) is 4.86. The second kappa shape index (κ2) is 9.72. The molecule has 35 heavy (non-hydrogen) atoms. The number of rotatable bonds is 7. The van der Waals surface area contributed by atoms with Gasteiger partial charge in [0, 0.05) is 11.5 Å². The molecule has 0 aliphatic rings. The summed E-state index contributed by atoms with van der Waals surface area (Å²) < 4.78 is 19.8. The van der Waals surface area contributed by atoms with Crippen molar-refractivity contribution in [3.05, 3.63) is 70.8 Å². The Morgan fingerprint density at radius 2 is 2.06 bits per heavy atom. The summed E-state index contributed by atoms with van der Waals surface area (Å²) >= 11 is 0. The molecular weight excluding hydrogens is 451 g/mol. The molecule has 0 radical (unpaired) electrons. The standard InChI is InChI=1S/C24H23FN8O2/c1-12(2)20-7-14(35-33-20)10-28-24(34)16-8-15-18(25)5-4-6-19(15)32-21(16)13(3)31-23-17(9-26)22(27)29-11-30-23/h4-8,11-13H,10H2,1-3H3,(H,28,34)(H3,27,29,30,31)/t13-/m0/s1. The fourth-order valence-corrected chi connectivity index (χ4v) is 3.53. The fourth-order valence-electron chi connectivity index (χ4n) is 3.53. The molecule has 1 atom stereocenters. The van der Waals surface area contributed by atoms with E-state index in [1.54, 1.807) is 25.1 Å². The van der Waals surface area contributed by atoms with Crippen LogP contribution in [0.5, 0.6) is 0 Å². The minimum Gasteiger partial charge on any atom is -0.382 e. The van der Waals surface area contributed by atoms with Crippen molar-refractivity contribution in [1.82, 2.24) is 25.4 Å². The van der Waals surface area contributed by atoms with Gasteiger partial charge in [-0.15, -0.1) is 0 Å². The number of hydrogen-bond donors (Lipinski definition) is 3. The van der Waals surface area contributed by atoms with Gasteiger partial charge in [0.25, 0.3) is 5.91 Å². The van der Waals surface area contributed by atoms with Crippen molar-refractivity contribution in [3.63, 3.8) is 0 Å². The second-order valence-electron chi connectivity index (χ2n) is 8.24. The van der Waals surface area contributed by atoms with Crippen LogP contribution in [0.2, 0.25) is 0 Å². The summed E-state index contributed by atoms with van der Waals surface area (Å²) in [4.78, 5) is 25.7. The van der Waals surface area contributed by atoms with E-state index in [0.717, 1.165) is 5.69 Å². The Labute approximate surface area is 200 Å². The summed E-state index contributed by atoms with van der Waals surface area (Å²) in [7, 11) is 0. The quantitative estimate of drug-likeness (QED) is 0.362. The topological polar surface area (TPSA) is 156 Å². The Hall–Kier alpha value is -4.59. The molecule has 0 saturated heterocycles. The maximum Gasteiger partial charge on any atom is 0.253 e. The van der Waals surface area contributed by atoms with E-state index in [-0.39, 0.29) is 40.6 Å². The van der Waals surface area contributed by atoms with Gasteiger partial charge in [-0.25, -0.2) is 19.3 Å². The third-order valence-corrected chi connectivity index (χ3v) is 5.42. The number of nitrogens with one attached hydrogen (secondary N) is 2. The molecule has 10 nitrogen and oxygen atoms in total. The number of nitrogens with zero attached hydrogens (tertiary/aromatic N) is 5. The van der Waals surface area contributed by atoms with Gasteiger partial charge in [-0.1, -0.05) is 25.1 Å². The molecule has 0 aliphatic carbocycles. The van der Waals surface area contributed by atoms with Gasteiger partial charge in [0.1, 0.15) is 35.4 Å². The Morgan fingerprint density at radius 1 is 1.26 bits per heavy atom. The molecule has 0 bridgehead atoms. The third-order valence-electron chi connectivity index (χ3n) is 5.42. The summed E-state index contributed by atoms with van der Waals surface area (Å²) in [5.41, 5.74) is 7.51. The Bertz CT molecular complexity index is 1440. The average molecular weight is 475 g/mol. The van der Waals surface area contributed by atoms with Crippen molar-refractivity contribution >= 4 is 28.4 Å². The van der Waals surface area contributed by atoms with Crippen LogP contribution < -0.4 is 16.4 Å². The lowest BCUT2D eigenvalue weighted by atomic mass is 10.0. The molecular formula is C24H23FN8O2. The van der Waals surface area contributed by atoms with Gasteiger partial charge in [0.05, 0.1) is 35.1 Å². The van der Waals surface area contributed by atoms with Gasteiger partial charge < -0.3 is 20.9 Å². The van der Waals surface area contributed by atoms with Crippen LogP contribution in [0.15, 0.2) is 41.2 Å². The first-order valence-corrected chi connectivity index (χ1v) is 10.9. The van der Waals surface area contributed by atoms with E-state index in [0.29, 0.717) is 17.0 Å². The Balaban J connectivity index is 1.68. The highest BCUT2D eigenvalue weighted by Crippen LogP contribution is 2.27. The van der Waals surface area contributed by atoms with E-state index < -0.39 is 17.8 Å². The number of carbonyl (C=O) groups excluding carboxylic acids is 1. The minimum absolute atomic E-state index is 0.0246. The number of aromatic nitrogens is 4. The van der Waals surface area contributed by atoms with Gasteiger partial charge in [-0.05, 0) is 31.0 Å². The predicted octanol–water partition coefficient (Wildman–Crippen LogP) is 3.83. The molecule has 1 amide bonds. The first kappa shape index (κ1) is 23.6. The van der Waals surface area contributed by atoms with Crippen molar-refractivity contribution in [3.8, 4) is 6.07 Å². The summed E-state index contributed by atoms with van der Waals surface area (Å²) in [5, 5.41) is 19.5. The Kier molecular flexibility index (Phi) is 6.55. The number of benzene rings is 1. The maximum atomic E-state index is 14.5. The van der Waals surface area contributed by atoms with E-state index in [1.165, 1.54) is 18.5 Å². The lowest BCUT2D eigenvalue weighted by Gasteiger charge is -2.19. The number of nitriles is 1. The molecule has 0 fully saturated rings. The largest absolute Gasteiger partial charge is 0.382 e. The number of amides is 1. The molecule has 4 aromatic rings. The molecule has 4 rings (SSSR count). The van der Waals surface area contributed by atoms with Crippen LogP contribution in [0.1, 0.15) is 65.8 Å². The molecule has 3 heterocycles. The number of nitrogens with two attached hydrogens (primary N) is 1. The van der Waals surface area contributed by atoms with E-state index in [2.05, 4.69) is 30.7 Å². The van der Waals surface area contributed by atoms with E-state index in [9.17, 15) is 14.4 Å². The highest BCUT2D eigenvalue weighted by atomic mass is 19.1. The zero-order valence-corrected chi connectivity index (χ0v) is 19.3. The van der Waals surface area contributed by atoms with Crippen molar-refractivity contribution in [2.75, 3.05) is 11.1 Å². The number of nitrogen functional groups attached to an aromatic ring is 1. The van der Waals surface area contributed by atoms with Gasteiger partial charge in [0.15, 0.2) is 5.76 Å². The van der Waals surface area contributed by atoms with Gasteiger partial charge in [-0.3, -0.25) is 4.79 Å². The van der Waals surface area contributed by atoms with Crippen LogP contribution in [0.4, 0.5) is 16.0 Å². The van der Waals surface area contributed by atoms with E-state index in [4.69, 9.17) is 10.3 Å². The number of pyridine rings is 1. The van der Waals surface area contributed by atoms with Crippen LogP contribution in [-0.4, -0.2) is 26.0 Å². The highest BCUT2D eigenvalue weighted by molar-refractivity contribution is 5.99. The number of fused-ring (bicyclic) bond motifs is 1. The number of halogens is 1. The molecule has 178 valence electrons. The van der Waals surface area contributed by atoms with Crippen molar-refractivity contribution in [2.24, 2.45) is 0 Å². The van der Waals surface area contributed by atoms with Crippen LogP contribution in [0.25, 0.3) is 10.9 Å². The zero-order chi connectivity index (χ0) is 25.1. The maximum absolute atomic E-state index is 14.5. The molecule has 0 saturated carbocycles. The monoisotopic (exact) mass is 474 g/mol. The summed E-state index contributed by atoms with van der Waals surface area (Å²) in [6.45, 7) is 5.81. The zero-order valence-electron chi connectivity index (χ0n) is 19.3. The van der Waals surface area contributed by atoms with Gasteiger partial charge in [0.2, 0.25) is 0 Å². The van der Waals surface area contributed by atoms with Crippen LogP contribution in [0, 0.1) is 17.1 Å². The lowest BCUT2D eigenvalue weighted by molar-refractivity contribution is 0.0945. The van der Waals surface area contributed by atoms with Crippen LogP contribution >= 0.6 is 0 Å².